The zero-order chi connectivity index (χ0) is 17.0. The highest BCUT2D eigenvalue weighted by Crippen LogP contribution is 2.29. The first-order valence-electron chi connectivity index (χ1n) is 6.30. The molecule has 0 saturated carbocycles. The second kappa shape index (κ2) is 7.30. The number of halogens is 2. The largest absolute Gasteiger partial charge is 0.480 e. The number of carboxylic acids is 1. The van der Waals surface area contributed by atoms with E-state index in [4.69, 9.17) is 5.11 Å². The van der Waals surface area contributed by atoms with E-state index in [0.717, 1.165) is 6.07 Å². The molecule has 1 aromatic carbocycles. The van der Waals surface area contributed by atoms with Gasteiger partial charge >= 0.3 is 5.97 Å². The zero-order valence-corrected chi connectivity index (χ0v) is 13.4. The minimum atomic E-state index is -1.23. The number of carbonyl (C=O) groups excluding carboxylic acids is 1. The molecule has 0 saturated heterocycles. The van der Waals surface area contributed by atoms with Gasteiger partial charge in [0, 0.05) is 0 Å². The van der Waals surface area contributed by atoms with E-state index in [0.29, 0.717) is 6.07 Å². The van der Waals surface area contributed by atoms with E-state index in [1.54, 1.807) is 13.8 Å². The predicted molar refractivity (Wildman–Crippen MR) is 79.1 cm³/mol. The molecule has 0 heterocycles. The lowest BCUT2D eigenvalue weighted by Gasteiger charge is -2.17. The highest BCUT2D eigenvalue weighted by atomic mass is 79.9. The molecular formula is C13H14BrFN2O5. The highest BCUT2D eigenvalue weighted by molar-refractivity contribution is 9.10. The van der Waals surface area contributed by atoms with Crippen molar-refractivity contribution in [2.75, 3.05) is 0 Å². The molecule has 7 nitrogen and oxygen atoms in total. The van der Waals surface area contributed by atoms with E-state index in [-0.39, 0.29) is 22.4 Å². The van der Waals surface area contributed by atoms with Gasteiger partial charge in [0.05, 0.1) is 16.6 Å². The van der Waals surface area contributed by atoms with Crippen molar-refractivity contribution in [3.63, 3.8) is 0 Å². The van der Waals surface area contributed by atoms with Crippen molar-refractivity contribution in [3.8, 4) is 0 Å². The number of nitrogens with zero attached hydrogens (tertiary/aromatic N) is 1. The third kappa shape index (κ3) is 4.48. The van der Waals surface area contributed by atoms with E-state index in [1.165, 1.54) is 0 Å². The van der Waals surface area contributed by atoms with Crippen molar-refractivity contribution in [1.82, 2.24) is 5.32 Å². The summed E-state index contributed by atoms with van der Waals surface area (Å²) >= 11 is 2.88. The first-order valence-corrected chi connectivity index (χ1v) is 7.09. The molecule has 2 N–H and O–H groups in total. The Kier molecular flexibility index (Phi) is 5.98. The van der Waals surface area contributed by atoms with E-state index in [1.807, 2.05) is 0 Å². The van der Waals surface area contributed by atoms with Gasteiger partial charge in [0.25, 0.3) is 11.6 Å². The van der Waals surface area contributed by atoms with Crippen LogP contribution in [0.25, 0.3) is 0 Å². The molecule has 1 atom stereocenters. The Morgan fingerprint density at radius 2 is 2.05 bits per heavy atom. The number of hydrogen-bond donors (Lipinski definition) is 2. The summed E-state index contributed by atoms with van der Waals surface area (Å²) in [7, 11) is 0. The van der Waals surface area contributed by atoms with Gasteiger partial charge in [-0.15, -0.1) is 0 Å². The van der Waals surface area contributed by atoms with Crippen LogP contribution in [-0.2, 0) is 4.79 Å². The maximum Gasteiger partial charge on any atom is 0.326 e. The van der Waals surface area contributed by atoms with Gasteiger partial charge in [-0.25, -0.2) is 9.18 Å². The number of hydrogen-bond acceptors (Lipinski definition) is 4. The van der Waals surface area contributed by atoms with Crippen molar-refractivity contribution in [1.29, 1.82) is 0 Å². The van der Waals surface area contributed by atoms with Crippen LogP contribution in [0, 0.1) is 21.8 Å². The minimum Gasteiger partial charge on any atom is -0.480 e. The Bertz CT molecular complexity index is 621. The van der Waals surface area contributed by atoms with Crippen LogP contribution in [0.2, 0.25) is 0 Å². The lowest BCUT2D eigenvalue weighted by Crippen LogP contribution is -2.41. The molecule has 1 aromatic rings. The fourth-order valence-corrected chi connectivity index (χ4v) is 2.36. The first-order chi connectivity index (χ1) is 10.1. The lowest BCUT2D eigenvalue weighted by molar-refractivity contribution is -0.385. The van der Waals surface area contributed by atoms with Gasteiger partial charge < -0.3 is 10.4 Å². The Labute approximate surface area is 133 Å². The fourth-order valence-electron chi connectivity index (χ4n) is 1.80. The Balaban J connectivity index is 3.12. The average molecular weight is 377 g/mol. The van der Waals surface area contributed by atoms with Crippen LogP contribution in [-0.4, -0.2) is 27.9 Å². The molecule has 0 bridgehead atoms. The molecule has 1 rings (SSSR count). The number of nitrogens with one attached hydrogen (secondary N) is 1. The van der Waals surface area contributed by atoms with Crippen LogP contribution in [0.1, 0.15) is 30.6 Å². The Morgan fingerprint density at radius 1 is 1.45 bits per heavy atom. The van der Waals surface area contributed by atoms with Gasteiger partial charge in [0.15, 0.2) is 0 Å². The molecule has 9 heteroatoms. The molecule has 0 aliphatic rings. The number of nitro groups is 1. The summed E-state index contributed by atoms with van der Waals surface area (Å²) in [5.41, 5.74) is -0.942. The number of benzene rings is 1. The maximum absolute atomic E-state index is 13.4. The average Bonchev–Trinajstić information content (AvgIpc) is 2.39. The van der Waals surface area contributed by atoms with Crippen LogP contribution >= 0.6 is 15.9 Å². The van der Waals surface area contributed by atoms with Gasteiger partial charge in [-0.05, 0) is 34.3 Å². The Hall–Kier alpha value is -2.03. The predicted octanol–water partition coefficient (Wildman–Crippen LogP) is 2.73. The van der Waals surface area contributed by atoms with Gasteiger partial charge in [-0.3, -0.25) is 14.9 Å². The summed E-state index contributed by atoms with van der Waals surface area (Å²) in [6, 6.07) is 0.311. The van der Waals surface area contributed by atoms with E-state index >= 15 is 0 Å². The van der Waals surface area contributed by atoms with Crippen LogP contribution in [0.5, 0.6) is 0 Å². The number of carbonyl (C=O) groups is 2. The van der Waals surface area contributed by atoms with Gasteiger partial charge in [-0.1, -0.05) is 13.8 Å². The van der Waals surface area contributed by atoms with Crippen molar-refractivity contribution in [3.05, 3.63) is 38.1 Å². The topological polar surface area (TPSA) is 110 Å². The van der Waals surface area contributed by atoms with Crippen molar-refractivity contribution in [2.45, 2.75) is 26.3 Å². The lowest BCUT2D eigenvalue weighted by atomic mass is 10.0. The van der Waals surface area contributed by atoms with E-state index in [2.05, 4.69) is 21.2 Å². The van der Waals surface area contributed by atoms with Crippen LogP contribution in [0.3, 0.4) is 0 Å². The number of nitro benzene ring substituents is 1. The molecule has 0 radical (unpaired) electrons. The monoisotopic (exact) mass is 376 g/mol. The summed E-state index contributed by atoms with van der Waals surface area (Å²) < 4.78 is 13.2. The fraction of sp³-hybridized carbons (Fsp3) is 0.385. The molecule has 0 aliphatic heterocycles. The molecule has 0 unspecified atom stereocenters. The zero-order valence-electron chi connectivity index (χ0n) is 11.8. The highest BCUT2D eigenvalue weighted by Gasteiger charge is 2.26. The third-order valence-corrected chi connectivity index (χ3v) is 3.60. The molecule has 22 heavy (non-hydrogen) atoms. The molecule has 1 amide bonds. The standard InChI is InChI=1S/C13H14BrFN2O5/c1-6(2)3-9(13(19)20)16-12(18)8-4-7(15)5-10(11(8)14)17(21)22/h4-6,9H,3H2,1-2H3,(H,16,18)(H,19,20)/t9-/m0/s1. The molecule has 120 valence electrons. The molecule has 0 spiro atoms. The van der Waals surface area contributed by atoms with Gasteiger partial charge in [-0.2, -0.15) is 0 Å². The van der Waals surface area contributed by atoms with Crippen molar-refractivity contribution in [2.24, 2.45) is 5.92 Å². The van der Waals surface area contributed by atoms with Crippen LogP contribution in [0.4, 0.5) is 10.1 Å². The molecule has 0 aromatic heterocycles. The minimum absolute atomic E-state index is 0.00619. The summed E-state index contributed by atoms with van der Waals surface area (Å²) in [5, 5.41) is 22.1. The quantitative estimate of drug-likeness (QED) is 0.585. The number of aliphatic carboxylic acids is 1. The van der Waals surface area contributed by atoms with E-state index < -0.39 is 34.3 Å². The molecule has 0 aliphatic carbocycles. The number of rotatable bonds is 6. The van der Waals surface area contributed by atoms with Gasteiger partial charge in [0.1, 0.15) is 16.3 Å². The van der Waals surface area contributed by atoms with Crippen molar-refractivity contribution < 1.29 is 24.0 Å². The van der Waals surface area contributed by atoms with Crippen molar-refractivity contribution >= 4 is 33.5 Å². The third-order valence-electron chi connectivity index (χ3n) is 2.77. The van der Waals surface area contributed by atoms with E-state index in [9.17, 15) is 24.1 Å². The molecule has 0 fully saturated rings. The van der Waals surface area contributed by atoms with Crippen LogP contribution < -0.4 is 5.32 Å². The Morgan fingerprint density at radius 3 is 2.50 bits per heavy atom. The summed E-state index contributed by atoms with van der Waals surface area (Å²) in [5.74, 6) is -3.09. The number of carboxylic acid groups (broad SMARTS) is 1. The smallest absolute Gasteiger partial charge is 0.326 e. The summed E-state index contributed by atoms with van der Waals surface area (Å²) in [4.78, 5) is 33.2. The summed E-state index contributed by atoms with van der Waals surface area (Å²) in [6.07, 6.45) is 0.177. The second-order valence-corrected chi connectivity index (χ2v) is 5.83. The number of amides is 1. The second-order valence-electron chi connectivity index (χ2n) is 5.04. The van der Waals surface area contributed by atoms with Crippen LogP contribution in [0.15, 0.2) is 16.6 Å². The SMILES string of the molecule is CC(C)C[C@H](NC(=O)c1cc(F)cc([N+](=O)[O-])c1Br)C(=O)O. The maximum atomic E-state index is 13.4. The summed E-state index contributed by atoms with van der Waals surface area (Å²) in [6.45, 7) is 3.57. The first kappa shape index (κ1) is 18.0. The normalized spacial score (nSPS) is 12.0. The molecular weight excluding hydrogens is 363 g/mol. The van der Waals surface area contributed by atoms with Gasteiger partial charge in [0.2, 0.25) is 0 Å².